The Morgan fingerprint density at radius 2 is 1.78 bits per heavy atom. The van der Waals surface area contributed by atoms with Crippen LogP contribution in [0.5, 0.6) is 11.5 Å². The summed E-state index contributed by atoms with van der Waals surface area (Å²) in [5, 5.41) is 48.3. The molecular weight excluding hydrogens is 428 g/mol. The first-order chi connectivity index (χ1) is 15.3. The van der Waals surface area contributed by atoms with Gasteiger partial charge in [0.15, 0.2) is 12.4 Å². The van der Waals surface area contributed by atoms with Gasteiger partial charge < -0.3 is 44.2 Å². The van der Waals surface area contributed by atoms with Gasteiger partial charge in [-0.3, -0.25) is 4.79 Å². The third-order valence-electron chi connectivity index (χ3n) is 4.64. The first-order valence-electron chi connectivity index (χ1n) is 9.52. The number of ether oxygens (including phenoxy) is 3. The quantitative estimate of drug-likeness (QED) is 0.266. The fourth-order valence-electron chi connectivity index (χ4n) is 2.88. The van der Waals surface area contributed by atoms with Crippen molar-refractivity contribution in [3.63, 3.8) is 0 Å². The lowest BCUT2D eigenvalue weighted by atomic mass is 9.99. The van der Waals surface area contributed by atoms with Gasteiger partial charge in [0.25, 0.3) is 0 Å². The zero-order chi connectivity index (χ0) is 23.3. The average Bonchev–Trinajstić information content (AvgIpc) is 2.79. The van der Waals surface area contributed by atoms with Gasteiger partial charge in [0.1, 0.15) is 30.2 Å². The Labute approximate surface area is 181 Å². The van der Waals surface area contributed by atoms with Crippen molar-refractivity contribution in [2.24, 2.45) is 0 Å². The van der Waals surface area contributed by atoms with Gasteiger partial charge in [0.2, 0.25) is 17.5 Å². The highest BCUT2D eigenvalue weighted by molar-refractivity contribution is 5.87. The fraction of sp³-hybridized carbons (Fsp3) is 0.333. The zero-order valence-corrected chi connectivity index (χ0v) is 16.6. The Balaban J connectivity index is 1.68. The van der Waals surface area contributed by atoms with Gasteiger partial charge in [-0.1, -0.05) is 12.1 Å². The molecule has 1 aliphatic heterocycles. The minimum Gasteiger partial charge on any atom is -0.508 e. The number of phenols is 1. The standard InChI is InChI=1S/C21H22O11/c22-9-14-17(26)18(27)19(28)21(31-14)32-20-13(24)7-8-29-15(20)10-30-16(25)6-3-11-1-4-12(23)5-2-11/h1-8,14,17-19,21-23,26-28H,9-10H2/b6-3+. The Hall–Kier alpha value is -3.22. The summed E-state index contributed by atoms with van der Waals surface area (Å²) in [7, 11) is 0. The molecule has 2 heterocycles. The predicted octanol–water partition coefficient (Wildman–Crippen LogP) is -0.719. The Morgan fingerprint density at radius 3 is 2.47 bits per heavy atom. The monoisotopic (exact) mass is 450 g/mol. The summed E-state index contributed by atoms with van der Waals surface area (Å²) < 4.78 is 20.8. The highest BCUT2D eigenvalue weighted by atomic mass is 16.7. The average molecular weight is 450 g/mol. The number of esters is 1. The summed E-state index contributed by atoms with van der Waals surface area (Å²) in [6.45, 7) is -1.17. The second-order valence-electron chi connectivity index (χ2n) is 6.88. The van der Waals surface area contributed by atoms with Crippen molar-refractivity contribution in [1.29, 1.82) is 0 Å². The van der Waals surface area contributed by atoms with Crippen LogP contribution in [0.2, 0.25) is 0 Å². The molecule has 5 N–H and O–H groups in total. The number of hydrogen-bond acceptors (Lipinski definition) is 11. The normalized spacial score (nSPS) is 25.6. The topological polar surface area (TPSA) is 176 Å². The van der Waals surface area contributed by atoms with Crippen molar-refractivity contribution in [1.82, 2.24) is 0 Å². The molecule has 5 atom stereocenters. The number of hydrogen-bond donors (Lipinski definition) is 5. The lowest BCUT2D eigenvalue weighted by molar-refractivity contribution is -0.278. The molecule has 1 aliphatic rings. The molecule has 172 valence electrons. The second kappa shape index (κ2) is 10.4. The zero-order valence-electron chi connectivity index (χ0n) is 16.6. The molecule has 11 heteroatoms. The summed E-state index contributed by atoms with van der Waals surface area (Å²) in [6, 6.07) is 7.09. The molecule has 0 spiro atoms. The van der Waals surface area contributed by atoms with Crippen LogP contribution in [-0.4, -0.2) is 68.8 Å². The van der Waals surface area contributed by atoms with Crippen LogP contribution in [0.4, 0.5) is 0 Å². The number of benzene rings is 1. The SMILES string of the molecule is O=C(/C=C/c1ccc(O)cc1)OCc1occc(=O)c1OC1OC(CO)C(O)C(O)C1O. The molecule has 5 unspecified atom stereocenters. The summed E-state index contributed by atoms with van der Waals surface area (Å²) >= 11 is 0. The van der Waals surface area contributed by atoms with E-state index in [9.17, 15) is 35.1 Å². The molecule has 0 amide bonds. The van der Waals surface area contributed by atoms with Crippen molar-refractivity contribution in [2.45, 2.75) is 37.3 Å². The van der Waals surface area contributed by atoms with Crippen molar-refractivity contribution in [2.75, 3.05) is 6.61 Å². The van der Waals surface area contributed by atoms with Gasteiger partial charge >= 0.3 is 5.97 Å². The molecule has 2 aromatic rings. The van der Waals surface area contributed by atoms with Gasteiger partial charge in [0, 0.05) is 12.1 Å². The molecular formula is C21H22O11. The van der Waals surface area contributed by atoms with Crippen LogP contribution in [-0.2, 0) is 20.9 Å². The van der Waals surface area contributed by atoms with Crippen LogP contribution in [0, 0.1) is 0 Å². The van der Waals surface area contributed by atoms with E-state index in [-0.39, 0.29) is 11.5 Å². The highest BCUT2D eigenvalue weighted by Crippen LogP contribution is 2.25. The van der Waals surface area contributed by atoms with Crippen molar-refractivity contribution >= 4 is 12.0 Å². The molecule has 1 fully saturated rings. The molecule has 3 rings (SSSR count). The van der Waals surface area contributed by atoms with Crippen LogP contribution < -0.4 is 10.2 Å². The van der Waals surface area contributed by atoms with E-state index < -0.39 is 61.1 Å². The number of aromatic hydroxyl groups is 1. The number of phenolic OH excluding ortho intramolecular Hbond substituents is 1. The molecule has 1 aromatic carbocycles. The molecule has 1 aromatic heterocycles. The Morgan fingerprint density at radius 1 is 1.06 bits per heavy atom. The van der Waals surface area contributed by atoms with E-state index in [0.29, 0.717) is 5.56 Å². The summed E-state index contributed by atoms with van der Waals surface area (Å²) in [6.07, 6.45) is -4.25. The van der Waals surface area contributed by atoms with E-state index in [4.69, 9.17) is 18.6 Å². The number of aliphatic hydroxyl groups excluding tert-OH is 4. The lowest BCUT2D eigenvalue weighted by Crippen LogP contribution is -2.60. The van der Waals surface area contributed by atoms with Crippen LogP contribution in [0.1, 0.15) is 11.3 Å². The third-order valence-corrected chi connectivity index (χ3v) is 4.64. The van der Waals surface area contributed by atoms with Crippen LogP contribution in [0.25, 0.3) is 6.08 Å². The van der Waals surface area contributed by atoms with Crippen LogP contribution in [0.3, 0.4) is 0 Å². The molecule has 0 radical (unpaired) electrons. The van der Waals surface area contributed by atoms with E-state index in [1.165, 1.54) is 18.2 Å². The fourth-order valence-corrected chi connectivity index (χ4v) is 2.88. The smallest absolute Gasteiger partial charge is 0.331 e. The highest BCUT2D eigenvalue weighted by Gasteiger charge is 2.45. The van der Waals surface area contributed by atoms with E-state index in [1.54, 1.807) is 12.1 Å². The minimum absolute atomic E-state index is 0.0794. The first-order valence-corrected chi connectivity index (χ1v) is 9.52. The summed E-state index contributed by atoms with van der Waals surface area (Å²) in [5.41, 5.74) is -0.0449. The number of rotatable bonds is 7. The lowest BCUT2D eigenvalue weighted by Gasteiger charge is -2.39. The number of aliphatic hydroxyl groups is 4. The molecule has 11 nitrogen and oxygen atoms in total. The van der Waals surface area contributed by atoms with Gasteiger partial charge in [0.05, 0.1) is 12.9 Å². The maximum atomic E-state index is 12.2. The van der Waals surface area contributed by atoms with E-state index in [2.05, 4.69) is 0 Å². The van der Waals surface area contributed by atoms with Crippen LogP contribution >= 0.6 is 0 Å². The molecule has 0 saturated carbocycles. The first kappa shape index (κ1) is 23.4. The van der Waals surface area contributed by atoms with E-state index in [1.807, 2.05) is 0 Å². The van der Waals surface area contributed by atoms with E-state index >= 15 is 0 Å². The van der Waals surface area contributed by atoms with Crippen LogP contribution in [0.15, 0.2) is 51.9 Å². The third kappa shape index (κ3) is 5.52. The minimum atomic E-state index is -1.74. The summed E-state index contributed by atoms with van der Waals surface area (Å²) in [5.74, 6) is -1.31. The largest absolute Gasteiger partial charge is 0.508 e. The van der Waals surface area contributed by atoms with E-state index in [0.717, 1.165) is 18.4 Å². The molecule has 32 heavy (non-hydrogen) atoms. The molecule has 0 bridgehead atoms. The summed E-state index contributed by atoms with van der Waals surface area (Å²) in [4.78, 5) is 24.2. The van der Waals surface area contributed by atoms with Crippen molar-refractivity contribution in [3.8, 4) is 11.5 Å². The maximum absolute atomic E-state index is 12.2. The molecule has 0 aliphatic carbocycles. The van der Waals surface area contributed by atoms with Crippen molar-refractivity contribution < 1.29 is 49.0 Å². The Bertz CT molecular complexity index is 996. The second-order valence-corrected chi connectivity index (χ2v) is 6.88. The number of carbonyl (C=O) groups excluding carboxylic acids is 1. The molecule has 1 saturated heterocycles. The number of carbonyl (C=O) groups is 1. The predicted molar refractivity (Wildman–Crippen MR) is 106 cm³/mol. The van der Waals surface area contributed by atoms with Gasteiger partial charge in [-0.05, 0) is 23.8 Å². The Kier molecular flexibility index (Phi) is 7.62. The van der Waals surface area contributed by atoms with Gasteiger partial charge in [-0.25, -0.2) is 4.79 Å². The maximum Gasteiger partial charge on any atom is 0.331 e. The van der Waals surface area contributed by atoms with Gasteiger partial charge in [-0.15, -0.1) is 0 Å². The van der Waals surface area contributed by atoms with Gasteiger partial charge in [-0.2, -0.15) is 0 Å². The van der Waals surface area contributed by atoms with Crippen molar-refractivity contribution in [3.05, 3.63) is 64.2 Å².